The van der Waals surface area contributed by atoms with E-state index >= 15 is 0 Å². The number of ketones is 1. The Hall–Kier alpha value is -4.16. The van der Waals surface area contributed by atoms with Crippen molar-refractivity contribution < 1.29 is 46.2 Å². The number of carbonyl (C=O) groups excluding carboxylic acids is 4. The Morgan fingerprint density at radius 2 is 1.57 bits per heavy atom. The number of carbonyl (C=O) groups is 4. The number of nitrogens with one attached hydrogen (secondary N) is 2. The summed E-state index contributed by atoms with van der Waals surface area (Å²) in [6.07, 6.45) is -0.0880. The van der Waals surface area contributed by atoms with E-state index < -0.39 is 77.3 Å². The van der Waals surface area contributed by atoms with Crippen LogP contribution in [0.5, 0.6) is 5.75 Å². The quantitative estimate of drug-likeness (QED) is 0.244. The number of hydrogen-bond acceptors (Lipinski definition) is 6. The number of amides is 3. The lowest BCUT2D eigenvalue weighted by atomic mass is 9.95. The molecule has 1 saturated heterocycles. The molecular formula is C29H33F4N3O6. The van der Waals surface area contributed by atoms with Gasteiger partial charge in [0.2, 0.25) is 17.5 Å². The summed E-state index contributed by atoms with van der Waals surface area (Å²) in [7, 11) is 0. The molecule has 0 aliphatic carbocycles. The van der Waals surface area contributed by atoms with Crippen LogP contribution in [0.3, 0.4) is 0 Å². The van der Waals surface area contributed by atoms with Gasteiger partial charge in [-0.25, -0.2) is 13.6 Å². The van der Waals surface area contributed by atoms with Crippen LogP contribution in [0, 0.1) is 29.2 Å². The van der Waals surface area contributed by atoms with E-state index in [0.29, 0.717) is 6.54 Å². The number of benzene rings is 2. The highest BCUT2D eigenvalue weighted by Crippen LogP contribution is 2.26. The molecule has 1 fully saturated rings. The molecular weight excluding hydrogens is 562 g/mol. The van der Waals surface area contributed by atoms with Crippen molar-refractivity contribution in [3.8, 4) is 5.75 Å². The van der Waals surface area contributed by atoms with Crippen LogP contribution in [0.2, 0.25) is 0 Å². The summed E-state index contributed by atoms with van der Waals surface area (Å²) in [5.41, 5.74) is 0.0163. The third kappa shape index (κ3) is 9.18. The third-order valence-electron chi connectivity index (χ3n) is 6.37. The molecule has 13 heteroatoms. The minimum Gasteiger partial charge on any atom is -0.479 e. The maximum Gasteiger partial charge on any atom is 0.317 e. The number of urea groups is 1. The van der Waals surface area contributed by atoms with Crippen LogP contribution in [0.25, 0.3) is 0 Å². The van der Waals surface area contributed by atoms with Crippen LogP contribution >= 0.6 is 0 Å². The van der Waals surface area contributed by atoms with Gasteiger partial charge in [0.25, 0.3) is 0 Å². The number of halogens is 4. The number of nitrogens with zero attached hydrogens (tertiary/aromatic N) is 1. The highest BCUT2D eigenvalue weighted by molar-refractivity contribution is 5.93. The fraction of sp³-hybridized carbons (Fsp3) is 0.448. The first-order valence-electron chi connectivity index (χ1n) is 13.3. The second-order valence-electron chi connectivity index (χ2n) is 10.8. The Morgan fingerprint density at radius 3 is 2.14 bits per heavy atom. The van der Waals surface area contributed by atoms with Gasteiger partial charge in [-0.3, -0.25) is 14.4 Å². The van der Waals surface area contributed by atoms with Crippen molar-refractivity contribution in [1.82, 2.24) is 15.5 Å². The van der Waals surface area contributed by atoms with Crippen molar-refractivity contribution in [1.29, 1.82) is 0 Å². The van der Waals surface area contributed by atoms with Crippen molar-refractivity contribution in [2.24, 2.45) is 5.92 Å². The molecule has 9 nitrogen and oxygen atoms in total. The molecule has 0 saturated carbocycles. The normalized spacial score (nSPS) is 14.6. The standard InChI is InChI=1S/C29H33F4N3O6/c1-29(2,3)42-23(38)14-21(22(37)16-41-26-24(32)19(30)13-20(31)25(26)33)35-27(39)18-9-11-36(12-10-18)28(40)34-15-17-7-5-4-6-8-17/h4-8,13,18,21H,9-12,14-16H2,1-3H3,(H,34,40)(H,35,39)/t21-/m0/s1. The molecule has 228 valence electrons. The van der Waals surface area contributed by atoms with Crippen LogP contribution in [-0.2, 0) is 25.7 Å². The first kappa shape index (κ1) is 32.4. The molecule has 0 aromatic heterocycles. The minimum absolute atomic E-state index is 0.0108. The first-order chi connectivity index (χ1) is 19.7. The van der Waals surface area contributed by atoms with E-state index in [-0.39, 0.29) is 38.0 Å². The summed E-state index contributed by atoms with van der Waals surface area (Å²) in [5.74, 6) is -11.6. The predicted molar refractivity (Wildman–Crippen MR) is 142 cm³/mol. The monoisotopic (exact) mass is 595 g/mol. The molecule has 1 atom stereocenters. The van der Waals surface area contributed by atoms with E-state index in [9.17, 15) is 36.7 Å². The van der Waals surface area contributed by atoms with E-state index in [1.165, 1.54) is 0 Å². The van der Waals surface area contributed by atoms with Gasteiger partial charge < -0.3 is 25.0 Å². The first-order valence-corrected chi connectivity index (χ1v) is 13.3. The zero-order valence-corrected chi connectivity index (χ0v) is 23.5. The zero-order valence-electron chi connectivity index (χ0n) is 23.5. The summed E-state index contributed by atoms with van der Waals surface area (Å²) < 4.78 is 64.9. The van der Waals surface area contributed by atoms with Crippen molar-refractivity contribution in [3.63, 3.8) is 0 Å². The number of esters is 1. The van der Waals surface area contributed by atoms with Crippen molar-refractivity contribution in [3.05, 3.63) is 65.2 Å². The van der Waals surface area contributed by atoms with Crippen LogP contribution in [0.15, 0.2) is 36.4 Å². The van der Waals surface area contributed by atoms with Gasteiger partial charge in [0.1, 0.15) is 18.2 Å². The molecule has 0 radical (unpaired) electrons. The highest BCUT2D eigenvalue weighted by atomic mass is 19.2. The minimum atomic E-state index is -1.84. The molecule has 0 unspecified atom stereocenters. The van der Waals surface area contributed by atoms with E-state index in [4.69, 9.17) is 9.47 Å². The summed E-state index contributed by atoms with van der Waals surface area (Å²) in [5, 5.41) is 5.28. The number of hydrogen-bond donors (Lipinski definition) is 2. The van der Waals surface area contributed by atoms with E-state index in [2.05, 4.69) is 10.6 Å². The van der Waals surface area contributed by atoms with Gasteiger partial charge in [0.05, 0.1) is 6.42 Å². The van der Waals surface area contributed by atoms with Gasteiger partial charge in [0.15, 0.2) is 23.2 Å². The highest BCUT2D eigenvalue weighted by Gasteiger charge is 2.33. The van der Waals surface area contributed by atoms with E-state index in [1.807, 2.05) is 30.3 Å². The van der Waals surface area contributed by atoms with Gasteiger partial charge >= 0.3 is 12.0 Å². The molecule has 3 rings (SSSR count). The Kier molecular flexibility index (Phi) is 10.9. The maximum atomic E-state index is 14.0. The molecule has 1 aliphatic heterocycles. The molecule has 0 spiro atoms. The fourth-order valence-electron chi connectivity index (χ4n) is 4.24. The lowest BCUT2D eigenvalue weighted by Crippen LogP contribution is -2.50. The fourth-order valence-corrected chi connectivity index (χ4v) is 4.24. The Labute approximate surface area is 240 Å². The lowest BCUT2D eigenvalue weighted by Gasteiger charge is -2.32. The van der Waals surface area contributed by atoms with E-state index in [1.54, 1.807) is 25.7 Å². The van der Waals surface area contributed by atoms with Gasteiger partial charge in [-0.05, 0) is 39.2 Å². The van der Waals surface area contributed by atoms with Crippen LogP contribution in [0.1, 0.15) is 45.6 Å². The number of Topliss-reactive ketones (excluding diaryl/α,β-unsaturated/α-hetero) is 1. The Morgan fingerprint density at radius 1 is 0.976 bits per heavy atom. The average Bonchev–Trinajstić information content (AvgIpc) is 2.94. The summed E-state index contributed by atoms with van der Waals surface area (Å²) in [6.45, 7) is 4.54. The van der Waals surface area contributed by atoms with Crippen LogP contribution < -0.4 is 15.4 Å². The number of rotatable bonds is 10. The van der Waals surface area contributed by atoms with Crippen LogP contribution in [0.4, 0.5) is 22.4 Å². The second-order valence-corrected chi connectivity index (χ2v) is 10.8. The SMILES string of the molecule is CC(C)(C)OC(=O)C[C@H](NC(=O)C1CCN(C(=O)NCc2ccccc2)CC1)C(=O)COc1c(F)c(F)cc(F)c1F. The van der Waals surface area contributed by atoms with Crippen LogP contribution in [-0.4, -0.2) is 59.9 Å². The van der Waals surface area contributed by atoms with Crippen molar-refractivity contribution in [2.75, 3.05) is 19.7 Å². The molecule has 3 amide bonds. The summed E-state index contributed by atoms with van der Waals surface area (Å²) >= 11 is 0. The van der Waals surface area contributed by atoms with Gasteiger partial charge in [-0.15, -0.1) is 0 Å². The smallest absolute Gasteiger partial charge is 0.317 e. The molecule has 1 aliphatic rings. The third-order valence-corrected chi connectivity index (χ3v) is 6.37. The lowest BCUT2D eigenvalue weighted by molar-refractivity contribution is -0.156. The average molecular weight is 596 g/mol. The molecule has 2 aromatic rings. The summed E-state index contributed by atoms with van der Waals surface area (Å²) in [4.78, 5) is 52.5. The molecule has 1 heterocycles. The number of piperidine rings is 1. The molecule has 0 bridgehead atoms. The van der Waals surface area contributed by atoms with Gasteiger partial charge in [-0.2, -0.15) is 8.78 Å². The molecule has 2 aromatic carbocycles. The van der Waals surface area contributed by atoms with Gasteiger partial charge in [0, 0.05) is 31.6 Å². The Bertz CT molecular complexity index is 1270. The van der Waals surface area contributed by atoms with Crippen molar-refractivity contribution in [2.45, 2.75) is 58.2 Å². The van der Waals surface area contributed by atoms with E-state index in [0.717, 1.165) is 5.56 Å². The largest absolute Gasteiger partial charge is 0.479 e. The number of ether oxygens (including phenoxy) is 2. The van der Waals surface area contributed by atoms with Crippen molar-refractivity contribution >= 4 is 23.7 Å². The second kappa shape index (κ2) is 14.1. The summed E-state index contributed by atoms with van der Waals surface area (Å²) in [6, 6.07) is 7.51. The predicted octanol–water partition coefficient (Wildman–Crippen LogP) is 4.03. The topological polar surface area (TPSA) is 114 Å². The Balaban J connectivity index is 1.61. The molecule has 2 N–H and O–H groups in total. The van der Waals surface area contributed by atoms with Gasteiger partial charge in [-0.1, -0.05) is 30.3 Å². The molecule has 42 heavy (non-hydrogen) atoms. The maximum absolute atomic E-state index is 14.0. The zero-order chi connectivity index (χ0) is 31.0. The number of likely N-dealkylation sites (tertiary alicyclic amines) is 1.